The highest BCUT2D eigenvalue weighted by atomic mass is 16.4. The molecule has 0 radical (unpaired) electrons. The smallest absolute Gasteiger partial charge is 0.113 e. The van der Waals surface area contributed by atoms with Crippen molar-refractivity contribution in [1.29, 1.82) is 0 Å². The van der Waals surface area contributed by atoms with Crippen molar-refractivity contribution in [2.45, 2.75) is 223 Å². The van der Waals surface area contributed by atoms with Crippen molar-refractivity contribution < 1.29 is 29.1 Å². The summed E-state index contributed by atoms with van der Waals surface area (Å²) in [6.07, 6.45) is 26.0. The number of nitrogens with one attached hydrogen (secondary N) is 1. The van der Waals surface area contributed by atoms with Gasteiger partial charge in [-0.15, -0.1) is 0 Å². The number of quaternary nitrogens is 2. The third kappa shape index (κ3) is 33.6. The zero-order valence-electron chi connectivity index (χ0n) is 37.1. The highest BCUT2D eigenvalue weighted by Gasteiger charge is 2.35. The second-order valence-electron chi connectivity index (χ2n) is 15.3. The second-order valence-corrected chi connectivity index (χ2v) is 15.3. The number of carboxylic acids is 1. The number of nitrogens with zero attached hydrogens (tertiary/aromatic N) is 2. The van der Waals surface area contributed by atoms with E-state index >= 15 is 0 Å². The molecule has 0 aliphatic heterocycles. The van der Waals surface area contributed by atoms with E-state index in [0.717, 1.165) is 100 Å². The highest BCUT2D eigenvalue weighted by Crippen LogP contribution is 2.22. The molecule has 0 saturated heterocycles. The molecule has 312 valence electrons. The van der Waals surface area contributed by atoms with Crippen LogP contribution >= 0.6 is 0 Å². The number of likely N-dealkylation sites (N-methyl/N-ethyl adjacent to an activating group) is 2. The quantitative estimate of drug-likeness (QED) is 0.0567. The van der Waals surface area contributed by atoms with Crippen LogP contribution in [0.5, 0.6) is 0 Å². The molecular formula is C44H97N3O4. The summed E-state index contributed by atoms with van der Waals surface area (Å²) in [6, 6.07) is 0. The van der Waals surface area contributed by atoms with E-state index in [0.29, 0.717) is 6.54 Å². The third-order valence-corrected chi connectivity index (χ3v) is 11.9. The van der Waals surface area contributed by atoms with Gasteiger partial charge in [-0.25, -0.2) is 0 Å². The summed E-state index contributed by atoms with van der Waals surface area (Å²) in [4.78, 5) is 8.89. The molecule has 7 nitrogen and oxygen atoms in total. The molecule has 0 spiro atoms. The molecule has 0 aromatic carbocycles. The van der Waals surface area contributed by atoms with Crippen molar-refractivity contribution in [2.24, 2.45) is 0 Å². The van der Waals surface area contributed by atoms with Crippen LogP contribution in [-0.4, -0.2) is 95.3 Å². The van der Waals surface area contributed by atoms with Gasteiger partial charge >= 0.3 is 0 Å². The zero-order chi connectivity index (χ0) is 40.1. The lowest BCUT2D eigenvalue weighted by Crippen LogP contribution is -2.56. The van der Waals surface area contributed by atoms with Gasteiger partial charge in [0, 0.05) is 5.97 Å². The van der Waals surface area contributed by atoms with Gasteiger partial charge in [0.1, 0.15) is 24.3 Å². The summed E-state index contributed by atoms with van der Waals surface area (Å²) < 4.78 is 2.08. The molecule has 0 amide bonds. The SMILES string of the molecule is CC(=O)[O-].CCC(O)(CC)C[N+](CC)(CC)CC.CCC(O)(CC)C[N+](CC)(CC)CC.CCCCCCCCCCCCCCCCCC[NH-]. The number of carbonyl (C=O) groups excluding carboxylic acids is 1. The molecule has 3 N–H and O–H groups in total. The van der Waals surface area contributed by atoms with E-state index in [-0.39, 0.29) is 0 Å². The van der Waals surface area contributed by atoms with Crippen molar-refractivity contribution in [3.63, 3.8) is 0 Å². The Morgan fingerprint density at radius 1 is 0.471 bits per heavy atom. The normalized spacial score (nSPS) is 11.9. The largest absolute Gasteiger partial charge is 0.677 e. The standard InChI is InChI=1S/C18H38N.2C12H28NO.C2H4O2/c1-2-3-4-5-6-7-8-9-10-11-12-13-14-15-16-17-18-19;2*1-6-12(14,7-2)11-13(8-3,9-4)10-5;1-2(3)4/h19H,2-18H2,1H3;2*14H,6-11H2,1-5H3;1H3,(H,3,4)/q-1;2*+1;/p-1. The first-order chi connectivity index (χ1) is 24.2. The third-order valence-electron chi connectivity index (χ3n) is 11.9. The average Bonchev–Trinajstić information content (AvgIpc) is 3.14. The Kier molecular flexibility index (Phi) is 42.0. The number of aliphatic hydroxyl groups is 2. The lowest BCUT2D eigenvalue weighted by atomic mass is 9.95. The van der Waals surface area contributed by atoms with Crippen molar-refractivity contribution >= 4 is 5.97 Å². The fourth-order valence-corrected chi connectivity index (χ4v) is 6.88. The minimum absolute atomic E-state index is 0.456. The maximum atomic E-state index is 10.3. The van der Waals surface area contributed by atoms with E-state index in [1.165, 1.54) is 96.3 Å². The van der Waals surface area contributed by atoms with Gasteiger partial charge in [0.05, 0.1) is 39.3 Å². The Labute approximate surface area is 321 Å². The number of unbranched alkanes of at least 4 members (excludes halogenated alkanes) is 15. The van der Waals surface area contributed by atoms with Crippen LogP contribution in [0.25, 0.3) is 5.73 Å². The fourth-order valence-electron chi connectivity index (χ4n) is 6.88. The molecular weight excluding hydrogens is 635 g/mol. The Hall–Kier alpha value is -0.730. The van der Waals surface area contributed by atoms with Gasteiger partial charge in [-0.3, -0.25) is 0 Å². The molecule has 0 aromatic heterocycles. The number of carboxylic acid groups (broad SMARTS) is 1. The van der Waals surface area contributed by atoms with E-state index in [2.05, 4.69) is 76.2 Å². The second kappa shape index (κ2) is 37.6. The average molecular weight is 732 g/mol. The Morgan fingerprint density at radius 2 is 0.667 bits per heavy atom. The molecule has 7 heteroatoms. The number of hydrogen-bond donors (Lipinski definition) is 2. The van der Waals surface area contributed by atoms with Crippen LogP contribution in [0.2, 0.25) is 0 Å². The lowest BCUT2D eigenvalue weighted by molar-refractivity contribution is -0.929. The van der Waals surface area contributed by atoms with Gasteiger partial charge in [0.2, 0.25) is 0 Å². The fraction of sp³-hybridized carbons (Fsp3) is 0.977. The minimum atomic E-state index is -1.08. The number of hydrogen-bond acceptors (Lipinski definition) is 4. The van der Waals surface area contributed by atoms with Crippen LogP contribution in [0.4, 0.5) is 0 Å². The Morgan fingerprint density at radius 3 is 0.824 bits per heavy atom. The molecule has 0 bridgehead atoms. The first-order valence-corrected chi connectivity index (χ1v) is 22.1. The maximum absolute atomic E-state index is 10.3. The molecule has 0 atom stereocenters. The molecule has 0 aromatic rings. The highest BCUT2D eigenvalue weighted by molar-refractivity contribution is 5.60. The maximum Gasteiger partial charge on any atom is 0.113 e. The molecule has 0 rings (SSSR count). The van der Waals surface area contributed by atoms with Gasteiger partial charge in [-0.1, -0.05) is 137 Å². The lowest BCUT2D eigenvalue weighted by Gasteiger charge is -2.41. The van der Waals surface area contributed by atoms with Gasteiger partial charge in [-0.2, -0.15) is 6.54 Å². The minimum Gasteiger partial charge on any atom is -0.677 e. The van der Waals surface area contributed by atoms with Crippen molar-refractivity contribution in [3.8, 4) is 0 Å². The summed E-state index contributed by atoms with van der Waals surface area (Å²) in [5.41, 5.74) is 6.16. The van der Waals surface area contributed by atoms with Gasteiger partial charge in [0.15, 0.2) is 0 Å². The summed E-state index contributed by atoms with van der Waals surface area (Å²) >= 11 is 0. The molecule has 0 heterocycles. The van der Waals surface area contributed by atoms with Crippen LogP contribution in [0.15, 0.2) is 0 Å². The van der Waals surface area contributed by atoms with Crippen LogP contribution in [0, 0.1) is 0 Å². The monoisotopic (exact) mass is 732 g/mol. The molecule has 0 unspecified atom stereocenters. The van der Waals surface area contributed by atoms with E-state index in [9.17, 15) is 10.2 Å². The van der Waals surface area contributed by atoms with Gasteiger partial charge < -0.3 is 34.8 Å². The van der Waals surface area contributed by atoms with Gasteiger partial charge in [0.25, 0.3) is 0 Å². The predicted octanol–water partition coefficient (Wildman–Crippen LogP) is 10.9. The van der Waals surface area contributed by atoms with Crippen molar-refractivity contribution in [1.82, 2.24) is 0 Å². The first kappa shape index (κ1) is 57.0. The number of rotatable bonds is 30. The summed E-state index contributed by atoms with van der Waals surface area (Å²) in [7, 11) is 0. The Bertz CT molecular complexity index is 630. The molecule has 0 aliphatic rings. The summed E-state index contributed by atoms with van der Waals surface area (Å²) in [6.45, 7) is 34.1. The predicted molar refractivity (Wildman–Crippen MR) is 224 cm³/mol. The molecule has 51 heavy (non-hydrogen) atoms. The van der Waals surface area contributed by atoms with E-state index in [1.54, 1.807) is 0 Å². The molecule has 0 saturated carbocycles. The van der Waals surface area contributed by atoms with E-state index in [4.69, 9.17) is 15.6 Å². The summed E-state index contributed by atoms with van der Waals surface area (Å²) in [5.74, 6) is -1.08. The van der Waals surface area contributed by atoms with Crippen LogP contribution < -0.4 is 5.11 Å². The topological polar surface area (TPSA) is 104 Å². The van der Waals surface area contributed by atoms with Gasteiger partial charge in [-0.05, 0) is 74.1 Å². The zero-order valence-corrected chi connectivity index (χ0v) is 37.1. The molecule has 0 fully saturated rings. The van der Waals surface area contributed by atoms with Crippen LogP contribution in [0.1, 0.15) is 212 Å². The Balaban J connectivity index is -0.000000312. The van der Waals surface area contributed by atoms with Crippen molar-refractivity contribution in [2.75, 3.05) is 58.9 Å². The van der Waals surface area contributed by atoms with E-state index < -0.39 is 17.2 Å². The van der Waals surface area contributed by atoms with Crippen LogP contribution in [-0.2, 0) is 4.79 Å². The van der Waals surface area contributed by atoms with E-state index in [1.807, 2.05) is 0 Å². The number of carbonyl (C=O) groups is 1. The number of aliphatic carboxylic acids is 1. The summed E-state index contributed by atoms with van der Waals surface area (Å²) in [5, 5.41) is 29.6. The van der Waals surface area contributed by atoms with Crippen LogP contribution in [0.3, 0.4) is 0 Å². The first-order valence-electron chi connectivity index (χ1n) is 22.1. The molecule has 0 aliphatic carbocycles. The van der Waals surface area contributed by atoms with Crippen molar-refractivity contribution in [3.05, 3.63) is 5.73 Å².